The van der Waals surface area contributed by atoms with E-state index in [9.17, 15) is 14.4 Å². The van der Waals surface area contributed by atoms with Crippen LogP contribution in [0.5, 0.6) is 5.75 Å². The Bertz CT molecular complexity index is 580. The van der Waals surface area contributed by atoms with Gasteiger partial charge in [-0.25, -0.2) is 9.69 Å². The molecule has 4 amide bonds. The van der Waals surface area contributed by atoms with Crippen molar-refractivity contribution in [2.24, 2.45) is 5.41 Å². The van der Waals surface area contributed by atoms with Gasteiger partial charge in [-0.15, -0.1) is 0 Å². The first-order chi connectivity index (χ1) is 9.39. The van der Waals surface area contributed by atoms with E-state index in [0.29, 0.717) is 18.0 Å². The molecule has 106 valence electrons. The third-order valence-corrected chi connectivity index (χ3v) is 3.13. The number of hydrogen-bond acceptors (Lipinski definition) is 4. The van der Waals surface area contributed by atoms with Crippen LogP contribution in [-0.4, -0.2) is 24.5 Å². The Morgan fingerprint density at radius 3 is 2.50 bits per heavy atom. The van der Waals surface area contributed by atoms with Gasteiger partial charge in [0.25, 0.3) is 0 Å². The Kier molecular flexibility index (Phi) is 3.48. The zero-order valence-corrected chi connectivity index (χ0v) is 11.6. The molecule has 0 unspecified atom stereocenters. The molecule has 1 aromatic carbocycles. The van der Waals surface area contributed by atoms with Crippen LogP contribution in [0.1, 0.15) is 20.8 Å². The predicted molar refractivity (Wildman–Crippen MR) is 72.4 cm³/mol. The summed E-state index contributed by atoms with van der Waals surface area (Å²) in [5.41, 5.74) is -0.967. The molecular weight excluding hydrogens is 260 g/mol. The second-order valence-electron chi connectivity index (χ2n) is 4.93. The van der Waals surface area contributed by atoms with Gasteiger partial charge in [0.2, 0.25) is 11.8 Å². The number of anilines is 1. The molecule has 0 saturated carbocycles. The van der Waals surface area contributed by atoms with E-state index in [1.54, 1.807) is 24.3 Å². The number of hydrogen-bond donors (Lipinski definition) is 1. The van der Waals surface area contributed by atoms with Crippen molar-refractivity contribution in [1.82, 2.24) is 5.32 Å². The first-order valence-corrected chi connectivity index (χ1v) is 6.31. The van der Waals surface area contributed by atoms with Gasteiger partial charge < -0.3 is 4.74 Å². The van der Waals surface area contributed by atoms with Crippen LogP contribution in [0.15, 0.2) is 24.3 Å². The van der Waals surface area contributed by atoms with Gasteiger partial charge in [0.05, 0.1) is 12.3 Å². The van der Waals surface area contributed by atoms with E-state index in [1.165, 1.54) is 13.8 Å². The molecule has 0 bridgehead atoms. The van der Waals surface area contributed by atoms with Gasteiger partial charge >= 0.3 is 6.03 Å². The highest BCUT2D eigenvalue weighted by Gasteiger charge is 2.48. The molecule has 0 atom stereocenters. The Labute approximate surface area is 116 Å². The monoisotopic (exact) mass is 276 g/mol. The minimum Gasteiger partial charge on any atom is -0.492 e. The number of ether oxygens (including phenoxy) is 1. The zero-order chi connectivity index (χ0) is 14.9. The average molecular weight is 276 g/mol. The number of rotatable bonds is 3. The van der Waals surface area contributed by atoms with Crippen LogP contribution in [-0.2, 0) is 9.59 Å². The summed E-state index contributed by atoms with van der Waals surface area (Å²) < 4.78 is 5.42. The molecule has 1 aromatic rings. The molecule has 1 fully saturated rings. The molecule has 2 rings (SSSR count). The topological polar surface area (TPSA) is 75.7 Å². The third-order valence-electron chi connectivity index (χ3n) is 3.13. The van der Waals surface area contributed by atoms with Crippen molar-refractivity contribution >= 4 is 23.5 Å². The van der Waals surface area contributed by atoms with E-state index in [-0.39, 0.29) is 0 Å². The Hall–Kier alpha value is -2.37. The standard InChI is InChI=1S/C14H16N2O4/c1-4-20-10-8-6-5-7-9(10)16-12(18)14(2,3)11(17)15-13(16)19/h5-8H,4H2,1-3H3,(H,15,17,19). The van der Waals surface area contributed by atoms with E-state index in [0.717, 1.165) is 4.90 Å². The summed E-state index contributed by atoms with van der Waals surface area (Å²) in [7, 11) is 0. The number of para-hydroxylation sites is 2. The third kappa shape index (κ3) is 2.13. The molecule has 1 aliphatic rings. The number of carbonyl (C=O) groups is 3. The molecule has 1 N–H and O–H groups in total. The lowest BCUT2D eigenvalue weighted by Gasteiger charge is -2.35. The van der Waals surface area contributed by atoms with E-state index >= 15 is 0 Å². The van der Waals surface area contributed by atoms with Crippen LogP contribution in [0.25, 0.3) is 0 Å². The van der Waals surface area contributed by atoms with Crippen LogP contribution in [0.3, 0.4) is 0 Å². The SMILES string of the molecule is CCOc1ccccc1N1C(=O)NC(=O)C(C)(C)C1=O. The lowest BCUT2D eigenvalue weighted by atomic mass is 9.88. The van der Waals surface area contributed by atoms with Gasteiger partial charge in [0.1, 0.15) is 11.2 Å². The molecular formula is C14H16N2O4. The second-order valence-corrected chi connectivity index (χ2v) is 4.93. The molecule has 1 heterocycles. The fourth-order valence-electron chi connectivity index (χ4n) is 1.92. The molecule has 6 nitrogen and oxygen atoms in total. The first kappa shape index (κ1) is 14.0. The van der Waals surface area contributed by atoms with E-state index in [2.05, 4.69) is 5.32 Å². The van der Waals surface area contributed by atoms with Crippen LogP contribution in [0.2, 0.25) is 0 Å². The van der Waals surface area contributed by atoms with Gasteiger partial charge in [-0.05, 0) is 32.9 Å². The van der Waals surface area contributed by atoms with Gasteiger partial charge in [-0.2, -0.15) is 0 Å². The van der Waals surface area contributed by atoms with Crippen molar-refractivity contribution in [2.45, 2.75) is 20.8 Å². The fourth-order valence-corrected chi connectivity index (χ4v) is 1.92. The molecule has 0 radical (unpaired) electrons. The summed E-state index contributed by atoms with van der Waals surface area (Å²) in [5, 5.41) is 2.19. The Balaban J connectivity index is 2.48. The molecule has 6 heteroatoms. The Morgan fingerprint density at radius 1 is 1.20 bits per heavy atom. The Morgan fingerprint density at radius 2 is 1.85 bits per heavy atom. The van der Waals surface area contributed by atoms with Gasteiger partial charge in [-0.3, -0.25) is 14.9 Å². The number of barbiturate groups is 1. The lowest BCUT2D eigenvalue weighted by molar-refractivity contribution is -0.140. The van der Waals surface area contributed by atoms with E-state index < -0.39 is 23.3 Å². The van der Waals surface area contributed by atoms with Crippen molar-refractivity contribution < 1.29 is 19.1 Å². The quantitative estimate of drug-likeness (QED) is 0.852. The molecule has 1 saturated heterocycles. The minimum absolute atomic E-state index is 0.331. The van der Waals surface area contributed by atoms with E-state index in [1.807, 2.05) is 6.92 Å². The average Bonchev–Trinajstić information content (AvgIpc) is 2.39. The number of nitrogens with zero attached hydrogens (tertiary/aromatic N) is 1. The summed E-state index contributed by atoms with van der Waals surface area (Å²) in [6.45, 7) is 5.17. The summed E-state index contributed by atoms with van der Waals surface area (Å²) in [6.07, 6.45) is 0. The van der Waals surface area contributed by atoms with Gasteiger partial charge in [-0.1, -0.05) is 12.1 Å². The largest absolute Gasteiger partial charge is 0.492 e. The highest BCUT2D eigenvalue weighted by molar-refractivity contribution is 6.29. The number of nitrogens with one attached hydrogen (secondary N) is 1. The maximum atomic E-state index is 12.4. The highest BCUT2D eigenvalue weighted by Crippen LogP contribution is 2.33. The number of amides is 4. The fraction of sp³-hybridized carbons (Fsp3) is 0.357. The van der Waals surface area contributed by atoms with Crippen molar-refractivity contribution in [1.29, 1.82) is 0 Å². The normalized spacial score (nSPS) is 17.9. The number of benzene rings is 1. The number of carbonyl (C=O) groups excluding carboxylic acids is 3. The number of urea groups is 1. The summed E-state index contributed by atoms with van der Waals surface area (Å²) in [6, 6.07) is 5.96. The van der Waals surface area contributed by atoms with E-state index in [4.69, 9.17) is 4.74 Å². The summed E-state index contributed by atoms with van der Waals surface area (Å²) >= 11 is 0. The molecule has 0 spiro atoms. The van der Waals surface area contributed by atoms with Crippen LogP contribution in [0, 0.1) is 5.41 Å². The van der Waals surface area contributed by atoms with Crippen LogP contribution in [0.4, 0.5) is 10.5 Å². The van der Waals surface area contributed by atoms with Crippen LogP contribution < -0.4 is 15.0 Å². The van der Waals surface area contributed by atoms with Crippen molar-refractivity contribution in [2.75, 3.05) is 11.5 Å². The van der Waals surface area contributed by atoms with Crippen molar-refractivity contribution in [3.8, 4) is 5.75 Å². The molecule has 0 aliphatic carbocycles. The number of imide groups is 2. The minimum atomic E-state index is -1.30. The predicted octanol–water partition coefficient (Wildman–Crippen LogP) is 1.69. The smallest absolute Gasteiger partial charge is 0.335 e. The van der Waals surface area contributed by atoms with Crippen molar-refractivity contribution in [3.05, 3.63) is 24.3 Å². The molecule has 1 aliphatic heterocycles. The van der Waals surface area contributed by atoms with Gasteiger partial charge in [0, 0.05) is 0 Å². The highest BCUT2D eigenvalue weighted by atomic mass is 16.5. The van der Waals surface area contributed by atoms with Crippen molar-refractivity contribution in [3.63, 3.8) is 0 Å². The van der Waals surface area contributed by atoms with Crippen LogP contribution >= 0.6 is 0 Å². The zero-order valence-electron chi connectivity index (χ0n) is 11.6. The first-order valence-electron chi connectivity index (χ1n) is 6.31. The lowest BCUT2D eigenvalue weighted by Crippen LogP contribution is -2.62. The summed E-state index contributed by atoms with van der Waals surface area (Å²) in [4.78, 5) is 37.1. The molecule has 20 heavy (non-hydrogen) atoms. The molecule has 0 aromatic heterocycles. The second kappa shape index (κ2) is 4.96. The maximum Gasteiger partial charge on any atom is 0.335 e. The maximum absolute atomic E-state index is 12.4. The summed E-state index contributed by atoms with van der Waals surface area (Å²) in [5.74, 6) is -0.750. The van der Waals surface area contributed by atoms with Gasteiger partial charge in [0.15, 0.2) is 0 Å².